The molecule has 1 amide bonds. The molecule has 0 fully saturated rings. The molecule has 3 rings (SSSR count). The maximum Gasteiger partial charge on any atom is 0.224 e. The standard InChI is InChI=1S/C18H18FNO3/c19-15-3-1-2-14(10-15)12-18(21)20-7-6-13-4-5-16-17(11-13)23-9-8-22-16/h1-5,10-11H,6-9,12H2,(H,20,21). The number of carbonyl (C=O) groups excluding carboxylic acids is 1. The molecule has 0 unspecified atom stereocenters. The summed E-state index contributed by atoms with van der Waals surface area (Å²) in [6.45, 7) is 1.65. The van der Waals surface area contributed by atoms with Crippen LogP contribution in [0.25, 0.3) is 0 Å². The highest BCUT2D eigenvalue weighted by molar-refractivity contribution is 5.78. The van der Waals surface area contributed by atoms with Crippen LogP contribution in [0.4, 0.5) is 4.39 Å². The summed E-state index contributed by atoms with van der Waals surface area (Å²) >= 11 is 0. The SMILES string of the molecule is O=C(Cc1cccc(F)c1)NCCc1ccc2c(c1)OCCO2. The molecule has 23 heavy (non-hydrogen) atoms. The van der Waals surface area contributed by atoms with Gasteiger partial charge in [-0.15, -0.1) is 0 Å². The maximum absolute atomic E-state index is 13.1. The van der Waals surface area contributed by atoms with Gasteiger partial charge in [-0.1, -0.05) is 18.2 Å². The second kappa shape index (κ2) is 7.13. The van der Waals surface area contributed by atoms with Crippen molar-refractivity contribution in [1.29, 1.82) is 0 Å². The first kappa shape index (κ1) is 15.3. The van der Waals surface area contributed by atoms with Gasteiger partial charge in [0, 0.05) is 6.54 Å². The van der Waals surface area contributed by atoms with Crippen LogP contribution in [0.3, 0.4) is 0 Å². The van der Waals surface area contributed by atoms with Gasteiger partial charge in [0.2, 0.25) is 5.91 Å². The smallest absolute Gasteiger partial charge is 0.224 e. The summed E-state index contributed by atoms with van der Waals surface area (Å²) in [5, 5.41) is 2.85. The largest absolute Gasteiger partial charge is 0.486 e. The molecule has 4 nitrogen and oxygen atoms in total. The second-order valence-corrected chi connectivity index (χ2v) is 5.38. The number of halogens is 1. The van der Waals surface area contributed by atoms with Gasteiger partial charge < -0.3 is 14.8 Å². The predicted molar refractivity (Wildman–Crippen MR) is 84.2 cm³/mol. The van der Waals surface area contributed by atoms with E-state index in [9.17, 15) is 9.18 Å². The van der Waals surface area contributed by atoms with Gasteiger partial charge in [-0.2, -0.15) is 0 Å². The number of hydrogen-bond donors (Lipinski definition) is 1. The van der Waals surface area contributed by atoms with Crippen LogP contribution in [-0.2, 0) is 17.6 Å². The summed E-state index contributed by atoms with van der Waals surface area (Å²) in [6, 6.07) is 11.9. The molecule has 0 radical (unpaired) electrons. The highest BCUT2D eigenvalue weighted by atomic mass is 19.1. The molecule has 120 valence electrons. The topological polar surface area (TPSA) is 47.6 Å². The van der Waals surface area contributed by atoms with Crippen molar-refractivity contribution in [1.82, 2.24) is 5.32 Å². The fraction of sp³-hybridized carbons (Fsp3) is 0.278. The molecular formula is C18H18FNO3. The minimum atomic E-state index is -0.327. The van der Waals surface area contributed by atoms with Crippen LogP contribution in [0.15, 0.2) is 42.5 Å². The summed E-state index contributed by atoms with van der Waals surface area (Å²) in [5.74, 6) is 1.06. The molecule has 0 saturated carbocycles. The van der Waals surface area contributed by atoms with Gasteiger partial charge in [0.15, 0.2) is 11.5 Å². The molecule has 2 aromatic rings. The van der Waals surface area contributed by atoms with E-state index in [1.54, 1.807) is 12.1 Å². The Hall–Kier alpha value is -2.56. The van der Waals surface area contributed by atoms with Gasteiger partial charge >= 0.3 is 0 Å². The van der Waals surface area contributed by atoms with Crippen LogP contribution >= 0.6 is 0 Å². The molecule has 0 aromatic heterocycles. The minimum absolute atomic E-state index is 0.117. The number of ether oxygens (including phenoxy) is 2. The quantitative estimate of drug-likeness (QED) is 0.922. The normalized spacial score (nSPS) is 12.7. The van der Waals surface area contributed by atoms with Crippen molar-refractivity contribution in [2.75, 3.05) is 19.8 Å². The van der Waals surface area contributed by atoms with Crippen LogP contribution in [-0.4, -0.2) is 25.7 Å². The average Bonchev–Trinajstić information content (AvgIpc) is 2.55. The average molecular weight is 315 g/mol. The molecule has 1 aliphatic rings. The monoisotopic (exact) mass is 315 g/mol. The molecule has 0 spiro atoms. The lowest BCUT2D eigenvalue weighted by Crippen LogP contribution is -2.27. The van der Waals surface area contributed by atoms with Gasteiger partial charge in [-0.05, 0) is 41.8 Å². The van der Waals surface area contributed by atoms with Crippen molar-refractivity contribution < 1.29 is 18.7 Å². The van der Waals surface area contributed by atoms with E-state index in [0.717, 1.165) is 17.1 Å². The van der Waals surface area contributed by atoms with E-state index >= 15 is 0 Å². The first-order valence-electron chi connectivity index (χ1n) is 7.60. The molecule has 1 heterocycles. The van der Waals surface area contributed by atoms with Crippen LogP contribution in [0.5, 0.6) is 11.5 Å². The summed E-state index contributed by atoms with van der Waals surface area (Å²) in [4.78, 5) is 11.9. The third-order valence-corrected chi connectivity index (χ3v) is 3.60. The maximum atomic E-state index is 13.1. The Morgan fingerprint density at radius 2 is 1.87 bits per heavy atom. The first-order chi connectivity index (χ1) is 11.2. The number of benzene rings is 2. The molecule has 1 N–H and O–H groups in total. The van der Waals surface area contributed by atoms with Crippen molar-refractivity contribution in [3.8, 4) is 11.5 Å². The number of rotatable bonds is 5. The molecule has 5 heteroatoms. The van der Waals surface area contributed by atoms with Gasteiger partial charge in [0.1, 0.15) is 19.0 Å². The van der Waals surface area contributed by atoms with Crippen molar-refractivity contribution in [2.45, 2.75) is 12.8 Å². The van der Waals surface area contributed by atoms with E-state index in [-0.39, 0.29) is 18.1 Å². The van der Waals surface area contributed by atoms with E-state index in [1.807, 2.05) is 18.2 Å². The van der Waals surface area contributed by atoms with Crippen LogP contribution in [0.2, 0.25) is 0 Å². The Morgan fingerprint density at radius 3 is 2.70 bits per heavy atom. The second-order valence-electron chi connectivity index (χ2n) is 5.38. The van der Waals surface area contributed by atoms with Gasteiger partial charge in [-0.3, -0.25) is 4.79 Å². The van der Waals surface area contributed by atoms with E-state index in [0.29, 0.717) is 31.7 Å². The zero-order valence-corrected chi connectivity index (χ0v) is 12.7. The van der Waals surface area contributed by atoms with Crippen molar-refractivity contribution in [3.63, 3.8) is 0 Å². The van der Waals surface area contributed by atoms with Crippen molar-refractivity contribution >= 4 is 5.91 Å². The fourth-order valence-corrected chi connectivity index (χ4v) is 2.48. The Kier molecular flexibility index (Phi) is 4.76. The van der Waals surface area contributed by atoms with Gasteiger partial charge in [-0.25, -0.2) is 4.39 Å². The molecule has 0 bridgehead atoms. The van der Waals surface area contributed by atoms with E-state index in [4.69, 9.17) is 9.47 Å². The molecule has 0 atom stereocenters. The highest BCUT2D eigenvalue weighted by Gasteiger charge is 2.11. The number of amides is 1. The molecule has 0 saturated heterocycles. The van der Waals surface area contributed by atoms with Crippen LogP contribution in [0, 0.1) is 5.82 Å². The Morgan fingerprint density at radius 1 is 1.04 bits per heavy atom. The zero-order chi connectivity index (χ0) is 16.1. The summed E-state index contributed by atoms with van der Waals surface area (Å²) in [5.41, 5.74) is 1.74. The minimum Gasteiger partial charge on any atom is -0.486 e. The van der Waals surface area contributed by atoms with Gasteiger partial charge in [0.25, 0.3) is 0 Å². The van der Waals surface area contributed by atoms with Crippen molar-refractivity contribution in [2.24, 2.45) is 0 Å². The summed E-state index contributed by atoms with van der Waals surface area (Å²) in [6.07, 6.45) is 0.879. The van der Waals surface area contributed by atoms with Gasteiger partial charge in [0.05, 0.1) is 6.42 Å². The predicted octanol–water partition coefficient (Wildman–Crippen LogP) is 2.50. The number of hydrogen-bond acceptors (Lipinski definition) is 3. The molecule has 1 aliphatic heterocycles. The van der Waals surface area contributed by atoms with E-state index in [2.05, 4.69) is 5.32 Å². The third-order valence-electron chi connectivity index (χ3n) is 3.60. The Balaban J connectivity index is 1.48. The lowest BCUT2D eigenvalue weighted by Gasteiger charge is -2.18. The first-order valence-corrected chi connectivity index (χ1v) is 7.60. The number of carbonyl (C=O) groups is 1. The van der Waals surface area contributed by atoms with Crippen LogP contribution in [0.1, 0.15) is 11.1 Å². The Labute approximate surface area is 134 Å². The number of nitrogens with one attached hydrogen (secondary N) is 1. The lowest BCUT2D eigenvalue weighted by atomic mass is 10.1. The van der Waals surface area contributed by atoms with E-state index < -0.39 is 0 Å². The number of fused-ring (bicyclic) bond motifs is 1. The Bertz CT molecular complexity index is 702. The lowest BCUT2D eigenvalue weighted by molar-refractivity contribution is -0.120. The summed E-state index contributed by atoms with van der Waals surface area (Å²) in [7, 11) is 0. The van der Waals surface area contributed by atoms with Crippen LogP contribution < -0.4 is 14.8 Å². The van der Waals surface area contributed by atoms with Crippen molar-refractivity contribution in [3.05, 3.63) is 59.4 Å². The third kappa shape index (κ3) is 4.22. The van der Waals surface area contributed by atoms with E-state index in [1.165, 1.54) is 12.1 Å². The fourth-order valence-electron chi connectivity index (χ4n) is 2.48. The zero-order valence-electron chi connectivity index (χ0n) is 12.7. The summed E-state index contributed by atoms with van der Waals surface area (Å²) < 4.78 is 24.1. The molecule has 0 aliphatic carbocycles. The molecule has 2 aromatic carbocycles. The molecular weight excluding hydrogens is 297 g/mol. The highest BCUT2D eigenvalue weighted by Crippen LogP contribution is 2.30.